The van der Waals surface area contributed by atoms with Gasteiger partial charge in [0.15, 0.2) is 5.96 Å². The Kier molecular flexibility index (Phi) is 9.85. The summed E-state index contributed by atoms with van der Waals surface area (Å²) >= 11 is 0. The van der Waals surface area contributed by atoms with E-state index in [0.29, 0.717) is 18.4 Å². The molecule has 11 heteroatoms. The fraction of sp³-hybridized carbons (Fsp3) is 0.526. The zero-order valence-corrected chi connectivity index (χ0v) is 19.7. The van der Waals surface area contributed by atoms with E-state index in [-0.39, 0.29) is 49.1 Å². The number of nitrogens with one attached hydrogen (secondary N) is 2. The van der Waals surface area contributed by atoms with E-state index in [0.717, 1.165) is 11.8 Å². The second-order valence-corrected chi connectivity index (χ2v) is 7.19. The summed E-state index contributed by atoms with van der Waals surface area (Å²) in [6, 6.07) is 2.15. The Morgan fingerprint density at radius 3 is 2.53 bits per heavy atom. The molecule has 0 atom stereocenters. The molecular formula is C19H27F3IN5O2. The van der Waals surface area contributed by atoms with E-state index in [9.17, 15) is 13.2 Å². The summed E-state index contributed by atoms with van der Waals surface area (Å²) < 4.78 is 49.7. The fourth-order valence-electron chi connectivity index (χ4n) is 2.26. The molecule has 0 unspecified atom stereocenters. The van der Waals surface area contributed by atoms with Gasteiger partial charge in [0.2, 0.25) is 11.8 Å². The number of guanidine groups is 1. The highest BCUT2D eigenvalue weighted by Gasteiger charge is 2.35. The summed E-state index contributed by atoms with van der Waals surface area (Å²) in [4.78, 5) is 12.2. The van der Waals surface area contributed by atoms with Gasteiger partial charge in [-0.1, -0.05) is 20.8 Å². The molecule has 2 N–H and O–H groups in total. The van der Waals surface area contributed by atoms with Gasteiger partial charge in [0.25, 0.3) is 0 Å². The summed E-state index contributed by atoms with van der Waals surface area (Å²) in [5.41, 5.74) is -1.05. The first-order chi connectivity index (χ1) is 13.6. The lowest BCUT2D eigenvalue weighted by Gasteiger charge is -2.14. The van der Waals surface area contributed by atoms with Gasteiger partial charge >= 0.3 is 6.18 Å². The van der Waals surface area contributed by atoms with Crippen LogP contribution in [0.5, 0.6) is 5.88 Å². The predicted octanol–water partition coefficient (Wildman–Crippen LogP) is 4.14. The number of aliphatic imine (C=N–C) groups is 1. The first-order valence-electron chi connectivity index (χ1n) is 9.23. The summed E-state index contributed by atoms with van der Waals surface area (Å²) in [6.45, 7) is 9.04. The molecule has 0 aliphatic rings. The Labute approximate surface area is 190 Å². The number of alkyl halides is 3. The first kappa shape index (κ1) is 26.0. The van der Waals surface area contributed by atoms with Gasteiger partial charge in [-0.25, -0.2) is 15.0 Å². The third-order valence-corrected chi connectivity index (χ3v) is 3.72. The van der Waals surface area contributed by atoms with Gasteiger partial charge in [-0.2, -0.15) is 13.2 Å². The van der Waals surface area contributed by atoms with Gasteiger partial charge in [-0.15, -0.1) is 24.0 Å². The number of nitrogens with zero attached hydrogens (tertiary/aromatic N) is 3. The minimum Gasteiger partial charge on any atom is -0.475 e. The lowest BCUT2D eigenvalue weighted by molar-refractivity contribution is -0.139. The normalized spacial score (nSPS) is 12.3. The number of pyridine rings is 1. The first-order valence-corrected chi connectivity index (χ1v) is 9.23. The third-order valence-electron chi connectivity index (χ3n) is 3.72. The minimum absolute atomic E-state index is 0. The number of hydrogen-bond donors (Lipinski definition) is 2. The van der Waals surface area contributed by atoms with Crippen LogP contribution in [0.25, 0.3) is 0 Å². The molecule has 2 aromatic rings. The molecule has 2 heterocycles. The zero-order chi connectivity index (χ0) is 21.5. The smallest absolute Gasteiger partial charge is 0.421 e. The van der Waals surface area contributed by atoms with Crippen molar-refractivity contribution in [2.75, 3.05) is 19.7 Å². The molecule has 0 saturated heterocycles. The largest absolute Gasteiger partial charge is 0.475 e. The topological polar surface area (TPSA) is 84.6 Å². The number of oxazole rings is 1. The van der Waals surface area contributed by atoms with E-state index in [1.807, 2.05) is 27.7 Å². The molecule has 30 heavy (non-hydrogen) atoms. The number of halogens is 4. The SMILES string of the molecule is CCNC(=NCc1ncc(C(C)(C)C)o1)NCCOc1ncccc1C(F)(F)F.I. The Balaban J connectivity index is 0.00000450. The van der Waals surface area contributed by atoms with Crippen molar-refractivity contribution in [3.05, 3.63) is 41.7 Å². The molecular weight excluding hydrogens is 514 g/mol. The average molecular weight is 541 g/mol. The summed E-state index contributed by atoms with van der Waals surface area (Å²) in [5, 5.41) is 6.03. The third kappa shape index (κ3) is 8.00. The van der Waals surface area contributed by atoms with Crippen molar-refractivity contribution in [2.24, 2.45) is 4.99 Å². The number of hydrogen-bond acceptors (Lipinski definition) is 5. The summed E-state index contributed by atoms with van der Waals surface area (Å²) in [7, 11) is 0. The molecule has 0 aromatic carbocycles. The monoisotopic (exact) mass is 541 g/mol. The maximum absolute atomic E-state index is 12.9. The van der Waals surface area contributed by atoms with Gasteiger partial charge in [0.05, 0.1) is 12.7 Å². The predicted molar refractivity (Wildman–Crippen MR) is 118 cm³/mol. The van der Waals surface area contributed by atoms with Crippen LogP contribution in [0.1, 0.15) is 44.9 Å². The molecule has 0 fully saturated rings. The highest BCUT2D eigenvalue weighted by atomic mass is 127. The van der Waals surface area contributed by atoms with Crippen LogP contribution in [0.3, 0.4) is 0 Å². The number of aromatic nitrogens is 2. The molecule has 7 nitrogen and oxygen atoms in total. The molecule has 0 amide bonds. The van der Waals surface area contributed by atoms with Crippen molar-refractivity contribution in [1.82, 2.24) is 20.6 Å². The van der Waals surface area contributed by atoms with Crippen LogP contribution in [-0.4, -0.2) is 35.6 Å². The van der Waals surface area contributed by atoms with Crippen molar-refractivity contribution in [3.63, 3.8) is 0 Å². The molecule has 2 aromatic heterocycles. The van der Waals surface area contributed by atoms with Crippen LogP contribution >= 0.6 is 24.0 Å². The van der Waals surface area contributed by atoms with Crippen LogP contribution in [0, 0.1) is 0 Å². The van der Waals surface area contributed by atoms with Gasteiger partial charge in [-0.05, 0) is 19.1 Å². The van der Waals surface area contributed by atoms with E-state index in [1.54, 1.807) is 6.20 Å². The number of ether oxygens (including phenoxy) is 1. The highest BCUT2D eigenvalue weighted by molar-refractivity contribution is 14.0. The van der Waals surface area contributed by atoms with E-state index < -0.39 is 17.6 Å². The van der Waals surface area contributed by atoms with Crippen molar-refractivity contribution in [2.45, 2.75) is 45.8 Å². The Hall–Kier alpha value is -2.05. The van der Waals surface area contributed by atoms with E-state index >= 15 is 0 Å². The molecule has 168 valence electrons. The lowest BCUT2D eigenvalue weighted by atomic mass is 9.94. The van der Waals surface area contributed by atoms with Crippen LogP contribution in [0.2, 0.25) is 0 Å². The second-order valence-electron chi connectivity index (χ2n) is 7.19. The van der Waals surface area contributed by atoms with Crippen LogP contribution in [0.15, 0.2) is 33.9 Å². The molecule has 0 aliphatic heterocycles. The van der Waals surface area contributed by atoms with Crippen molar-refractivity contribution in [1.29, 1.82) is 0 Å². The van der Waals surface area contributed by atoms with Crippen LogP contribution in [-0.2, 0) is 18.1 Å². The van der Waals surface area contributed by atoms with Gasteiger partial charge in [0.1, 0.15) is 24.5 Å². The Morgan fingerprint density at radius 1 is 1.20 bits per heavy atom. The second kappa shape index (κ2) is 11.4. The molecule has 0 spiro atoms. The van der Waals surface area contributed by atoms with Gasteiger partial charge < -0.3 is 19.8 Å². The average Bonchev–Trinajstić information content (AvgIpc) is 3.12. The molecule has 0 radical (unpaired) electrons. The molecule has 2 rings (SSSR count). The summed E-state index contributed by atoms with van der Waals surface area (Å²) in [5.74, 6) is 1.28. The van der Waals surface area contributed by atoms with E-state index in [1.165, 1.54) is 12.3 Å². The fourth-order valence-corrected chi connectivity index (χ4v) is 2.26. The standard InChI is InChI=1S/C19H26F3N5O2.HI/c1-5-23-17(27-12-15-26-11-14(29-15)18(2,3)4)25-9-10-28-16-13(19(20,21)22)7-6-8-24-16;/h6-8,11H,5,9-10,12H2,1-4H3,(H2,23,25,27);1H. The zero-order valence-electron chi connectivity index (χ0n) is 17.3. The van der Waals surface area contributed by atoms with Crippen molar-refractivity contribution >= 4 is 29.9 Å². The molecule has 0 aliphatic carbocycles. The summed E-state index contributed by atoms with van der Waals surface area (Å²) in [6.07, 6.45) is -1.58. The Morgan fingerprint density at radius 2 is 1.93 bits per heavy atom. The number of rotatable bonds is 7. The Bertz CT molecular complexity index is 819. The van der Waals surface area contributed by atoms with Crippen molar-refractivity contribution < 1.29 is 22.3 Å². The molecule has 0 bridgehead atoms. The van der Waals surface area contributed by atoms with E-state index in [2.05, 4.69) is 25.6 Å². The van der Waals surface area contributed by atoms with Crippen LogP contribution in [0.4, 0.5) is 13.2 Å². The lowest BCUT2D eigenvalue weighted by Crippen LogP contribution is -2.39. The maximum Gasteiger partial charge on any atom is 0.421 e. The molecule has 0 saturated carbocycles. The highest BCUT2D eigenvalue weighted by Crippen LogP contribution is 2.34. The maximum atomic E-state index is 12.9. The van der Waals surface area contributed by atoms with Gasteiger partial charge in [-0.3, -0.25) is 0 Å². The van der Waals surface area contributed by atoms with Crippen molar-refractivity contribution in [3.8, 4) is 5.88 Å². The van der Waals surface area contributed by atoms with Crippen LogP contribution < -0.4 is 15.4 Å². The van der Waals surface area contributed by atoms with Gasteiger partial charge in [0, 0.05) is 18.2 Å². The minimum atomic E-state index is -4.52. The quantitative estimate of drug-likeness (QED) is 0.237. The van der Waals surface area contributed by atoms with E-state index in [4.69, 9.17) is 9.15 Å².